The number of hydrogen-bond acceptors (Lipinski definition) is 2. The summed E-state index contributed by atoms with van der Waals surface area (Å²) in [6, 6.07) is 0. The van der Waals surface area contributed by atoms with Gasteiger partial charge < -0.3 is 9.84 Å². The SMILES string of the molecule is C=COCC(O)CCCCCCCC. The summed E-state index contributed by atoms with van der Waals surface area (Å²) in [6.07, 6.45) is 9.48. The lowest BCUT2D eigenvalue weighted by Crippen LogP contribution is -2.12. The highest BCUT2D eigenvalue weighted by Gasteiger charge is 2.02. The van der Waals surface area contributed by atoms with Crippen molar-refractivity contribution in [2.75, 3.05) is 6.61 Å². The molecule has 0 aliphatic carbocycles. The van der Waals surface area contributed by atoms with E-state index in [0.717, 1.165) is 12.8 Å². The Morgan fingerprint density at radius 3 is 2.50 bits per heavy atom. The normalized spacial score (nSPS) is 12.4. The van der Waals surface area contributed by atoms with Crippen molar-refractivity contribution in [2.24, 2.45) is 0 Å². The first-order valence-corrected chi connectivity index (χ1v) is 5.71. The van der Waals surface area contributed by atoms with Gasteiger partial charge in [-0.15, -0.1) is 0 Å². The fraction of sp³-hybridized carbons (Fsp3) is 0.833. The second kappa shape index (κ2) is 10.6. The van der Waals surface area contributed by atoms with E-state index in [9.17, 15) is 5.11 Å². The molecule has 0 radical (unpaired) electrons. The second-order valence-corrected chi connectivity index (χ2v) is 3.71. The van der Waals surface area contributed by atoms with E-state index in [4.69, 9.17) is 4.74 Å². The van der Waals surface area contributed by atoms with Crippen molar-refractivity contribution in [3.05, 3.63) is 12.8 Å². The van der Waals surface area contributed by atoms with Crippen molar-refractivity contribution in [1.82, 2.24) is 0 Å². The first-order valence-electron chi connectivity index (χ1n) is 5.71. The highest BCUT2D eigenvalue weighted by molar-refractivity contribution is 4.58. The molecule has 84 valence electrons. The Kier molecular flexibility index (Phi) is 10.2. The van der Waals surface area contributed by atoms with Gasteiger partial charge in [-0.1, -0.05) is 52.0 Å². The van der Waals surface area contributed by atoms with E-state index >= 15 is 0 Å². The van der Waals surface area contributed by atoms with Gasteiger partial charge in [0.05, 0.1) is 12.4 Å². The van der Waals surface area contributed by atoms with Crippen molar-refractivity contribution < 1.29 is 9.84 Å². The van der Waals surface area contributed by atoms with E-state index in [1.165, 1.54) is 38.4 Å². The largest absolute Gasteiger partial charge is 0.499 e. The molecular weight excluding hydrogens is 176 g/mol. The van der Waals surface area contributed by atoms with Crippen molar-refractivity contribution >= 4 is 0 Å². The van der Waals surface area contributed by atoms with Gasteiger partial charge in [-0.2, -0.15) is 0 Å². The number of rotatable bonds is 10. The summed E-state index contributed by atoms with van der Waals surface area (Å²) >= 11 is 0. The fourth-order valence-corrected chi connectivity index (χ4v) is 1.42. The van der Waals surface area contributed by atoms with Crippen molar-refractivity contribution in [1.29, 1.82) is 0 Å². The Hall–Kier alpha value is -0.500. The van der Waals surface area contributed by atoms with E-state index < -0.39 is 0 Å². The third kappa shape index (κ3) is 9.59. The monoisotopic (exact) mass is 200 g/mol. The maximum absolute atomic E-state index is 9.41. The topological polar surface area (TPSA) is 29.5 Å². The van der Waals surface area contributed by atoms with Gasteiger partial charge in [0, 0.05) is 0 Å². The quantitative estimate of drug-likeness (QED) is 0.433. The Balaban J connectivity index is 3.06. The van der Waals surface area contributed by atoms with Crippen LogP contribution in [-0.4, -0.2) is 17.8 Å². The molecule has 1 N–H and O–H groups in total. The molecule has 0 aliphatic heterocycles. The van der Waals surface area contributed by atoms with Crippen LogP contribution in [0.15, 0.2) is 12.8 Å². The zero-order chi connectivity index (χ0) is 10.6. The summed E-state index contributed by atoms with van der Waals surface area (Å²) in [5.41, 5.74) is 0. The first kappa shape index (κ1) is 13.5. The van der Waals surface area contributed by atoms with E-state index in [1.54, 1.807) is 0 Å². The number of aliphatic hydroxyl groups is 1. The molecule has 0 aromatic rings. The molecule has 2 nitrogen and oxygen atoms in total. The molecule has 0 aliphatic rings. The molecule has 0 rings (SSSR count). The molecule has 0 amide bonds. The first-order chi connectivity index (χ1) is 6.81. The molecule has 0 aromatic heterocycles. The average molecular weight is 200 g/mol. The Bertz CT molecular complexity index is 123. The standard InChI is InChI=1S/C12H24O2/c1-3-5-6-7-8-9-10-12(13)11-14-4-2/h4,12-13H,2-3,5-11H2,1H3. The maximum atomic E-state index is 9.41. The van der Waals surface area contributed by atoms with E-state index in [1.807, 2.05) is 0 Å². The molecule has 1 atom stereocenters. The smallest absolute Gasteiger partial charge is 0.113 e. The van der Waals surface area contributed by atoms with Gasteiger partial charge in [0.2, 0.25) is 0 Å². The molecule has 1 unspecified atom stereocenters. The lowest BCUT2D eigenvalue weighted by atomic mass is 10.1. The summed E-state index contributed by atoms with van der Waals surface area (Å²) in [5.74, 6) is 0. The van der Waals surface area contributed by atoms with Crippen LogP contribution in [-0.2, 0) is 4.74 Å². The van der Waals surface area contributed by atoms with Gasteiger partial charge in [-0.25, -0.2) is 0 Å². The lowest BCUT2D eigenvalue weighted by Gasteiger charge is -2.09. The summed E-state index contributed by atoms with van der Waals surface area (Å²) < 4.78 is 4.90. The number of aliphatic hydroxyl groups excluding tert-OH is 1. The molecule has 14 heavy (non-hydrogen) atoms. The summed E-state index contributed by atoms with van der Waals surface area (Å²) in [5, 5.41) is 9.41. The van der Waals surface area contributed by atoms with Gasteiger partial charge in [0.25, 0.3) is 0 Å². The maximum Gasteiger partial charge on any atom is 0.113 e. The average Bonchev–Trinajstić information content (AvgIpc) is 2.20. The molecule has 0 saturated carbocycles. The van der Waals surface area contributed by atoms with Gasteiger partial charge >= 0.3 is 0 Å². The number of hydrogen-bond donors (Lipinski definition) is 1. The third-order valence-electron chi connectivity index (χ3n) is 2.30. The Morgan fingerprint density at radius 2 is 1.86 bits per heavy atom. The minimum Gasteiger partial charge on any atom is -0.499 e. The van der Waals surface area contributed by atoms with E-state index in [2.05, 4.69) is 13.5 Å². The number of ether oxygens (including phenoxy) is 1. The van der Waals surface area contributed by atoms with Gasteiger partial charge in [0.15, 0.2) is 0 Å². The third-order valence-corrected chi connectivity index (χ3v) is 2.30. The zero-order valence-electron chi connectivity index (χ0n) is 9.37. The van der Waals surface area contributed by atoms with Crippen LogP contribution < -0.4 is 0 Å². The van der Waals surface area contributed by atoms with E-state index in [0.29, 0.717) is 6.61 Å². The van der Waals surface area contributed by atoms with Crippen LogP contribution in [0.25, 0.3) is 0 Å². The molecule has 0 spiro atoms. The van der Waals surface area contributed by atoms with E-state index in [-0.39, 0.29) is 6.10 Å². The molecule has 2 heteroatoms. The Morgan fingerprint density at radius 1 is 1.21 bits per heavy atom. The molecule has 0 bridgehead atoms. The predicted molar refractivity (Wildman–Crippen MR) is 60.1 cm³/mol. The summed E-state index contributed by atoms with van der Waals surface area (Å²) in [4.78, 5) is 0. The second-order valence-electron chi connectivity index (χ2n) is 3.71. The molecule has 0 saturated heterocycles. The summed E-state index contributed by atoms with van der Waals surface area (Å²) in [7, 11) is 0. The molecule has 0 fully saturated rings. The van der Waals surface area contributed by atoms with Crippen LogP contribution in [0, 0.1) is 0 Å². The fourth-order valence-electron chi connectivity index (χ4n) is 1.42. The minimum atomic E-state index is -0.320. The van der Waals surface area contributed by atoms with Gasteiger partial charge in [0.1, 0.15) is 6.61 Å². The molecule has 0 heterocycles. The van der Waals surface area contributed by atoms with Crippen molar-refractivity contribution in [3.8, 4) is 0 Å². The van der Waals surface area contributed by atoms with Crippen LogP contribution in [0.3, 0.4) is 0 Å². The van der Waals surface area contributed by atoms with Crippen LogP contribution in [0.2, 0.25) is 0 Å². The number of unbranched alkanes of at least 4 members (excludes halogenated alkanes) is 5. The minimum absolute atomic E-state index is 0.320. The van der Waals surface area contributed by atoms with Gasteiger partial charge in [-0.3, -0.25) is 0 Å². The molecule has 0 aromatic carbocycles. The van der Waals surface area contributed by atoms with Crippen LogP contribution in [0.1, 0.15) is 51.9 Å². The van der Waals surface area contributed by atoms with Crippen molar-refractivity contribution in [3.63, 3.8) is 0 Å². The highest BCUT2D eigenvalue weighted by Crippen LogP contribution is 2.08. The lowest BCUT2D eigenvalue weighted by molar-refractivity contribution is 0.0762. The summed E-state index contributed by atoms with van der Waals surface area (Å²) in [6.45, 7) is 6.04. The van der Waals surface area contributed by atoms with Gasteiger partial charge in [-0.05, 0) is 6.42 Å². The predicted octanol–water partition coefficient (Wildman–Crippen LogP) is 3.26. The molecular formula is C12H24O2. The van der Waals surface area contributed by atoms with Crippen molar-refractivity contribution in [2.45, 2.75) is 58.0 Å². The van der Waals surface area contributed by atoms with Crippen LogP contribution in [0.4, 0.5) is 0 Å². The zero-order valence-corrected chi connectivity index (χ0v) is 9.37. The van der Waals surface area contributed by atoms with Crippen LogP contribution >= 0.6 is 0 Å². The van der Waals surface area contributed by atoms with Crippen LogP contribution in [0.5, 0.6) is 0 Å². The Labute approximate surface area is 88.0 Å². The highest BCUT2D eigenvalue weighted by atomic mass is 16.5.